The Kier molecular flexibility index (Phi) is 1.41. The molecule has 0 radical (unpaired) electrons. The third-order valence-electron chi connectivity index (χ3n) is 2.47. The summed E-state index contributed by atoms with van der Waals surface area (Å²) in [4.78, 5) is 21.9. The Bertz CT molecular complexity index is 248. The molecule has 0 aromatic carbocycles. The van der Waals surface area contributed by atoms with E-state index in [1.165, 1.54) is 5.57 Å². The van der Waals surface area contributed by atoms with Crippen molar-refractivity contribution in [2.45, 2.75) is 25.7 Å². The number of rotatable bonds is 0. The number of fused-ring (bicyclic) bond motifs is 1. The molecule has 0 saturated heterocycles. The fourth-order valence-electron chi connectivity index (χ4n) is 1.90. The molecule has 11 heavy (non-hydrogen) atoms. The fourth-order valence-corrected chi connectivity index (χ4v) is 1.90. The van der Waals surface area contributed by atoms with Crippen LogP contribution in [0.2, 0.25) is 0 Å². The lowest BCUT2D eigenvalue weighted by atomic mass is 9.90. The predicted molar refractivity (Wildman–Crippen MR) is 40.1 cm³/mol. The molecule has 2 nitrogen and oxygen atoms in total. The van der Waals surface area contributed by atoms with Crippen molar-refractivity contribution in [3.05, 3.63) is 11.6 Å². The quantitative estimate of drug-likeness (QED) is 0.487. The van der Waals surface area contributed by atoms with Crippen molar-refractivity contribution < 1.29 is 9.59 Å². The minimum Gasteiger partial charge on any atom is -0.299 e. The number of ketones is 2. The lowest BCUT2D eigenvalue weighted by Crippen LogP contribution is -2.11. The molecule has 0 N–H and O–H groups in total. The molecule has 0 aromatic rings. The first-order chi connectivity index (χ1) is 5.25. The second kappa shape index (κ2) is 2.29. The van der Waals surface area contributed by atoms with Crippen LogP contribution in [0, 0.1) is 5.92 Å². The van der Waals surface area contributed by atoms with E-state index >= 15 is 0 Å². The van der Waals surface area contributed by atoms with Gasteiger partial charge in [0.1, 0.15) is 11.6 Å². The average Bonchev–Trinajstić information content (AvgIpc) is 2.27. The van der Waals surface area contributed by atoms with Crippen LogP contribution in [-0.4, -0.2) is 11.6 Å². The third kappa shape index (κ3) is 1.13. The molecular formula is C9H10O2. The monoisotopic (exact) mass is 150 g/mol. The van der Waals surface area contributed by atoms with Gasteiger partial charge in [-0.25, -0.2) is 0 Å². The zero-order chi connectivity index (χ0) is 7.84. The topological polar surface area (TPSA) is 34.1 Å². The Balaban J connectivity index is 2.23. The van der Waals surface area contributed by atoms with E-state index in [-0.39, 0.29) is 11.7 Å². The highest BCUT2D eigenvalue weighted by Crippen LogP contribution is 2.34. The average molecular weight is 150 g/mol. The summed E-state index contributed by atoms with van der Waals surface area (Å²) in [5, 5.41) is 0. The first-order valence-corrected chi connectivity index (χ1v) is 3.98. The smallest absolute Gasteiger partial charge is 0.137 e. The van der Waals surface area contributed by atoms with Gasteiger partial charge < -0.3 is 0 Å². The van der Waals surface area contributed by atoms with E-state index < -0.39 is 0 Å². The van der Waals surface area contributed by atoms with Crippen LogP contribution in [0.4, 0.5) is 0 Å². The molecule has 1 unspecified atom stereocenters. The predicted octanol–water partition coefficient (Wildman–Crippen LogP) is 1.25. The summed E-state index contributed by atoms with van der Waals surface area (Å²) >= 11 is 0. The Labute approximate surface area is 65.3 Å². The molecule has 2 heteroatoms. The first kappa shape index (κ1) is 6.77. The summed E-state index contributed by atoms with van der Waals surface area (Å²) in [7, 11) is 0. The van der Waals surface area contributed by atoms with Crippen molar-refractivity contribution in [1.29, 1.82) is 0 Å². The van der Waals surface area contributed by atoms with Crippen LogP contribution in [-0.2, 0) is 9.59 Å². The number of Topliss-reactive ketones (excluding diaryl/α,β-unsaturated/α-hetero) is 2. The molecule has 58 valence electrons. The van der Waals surface area contributed by atoms with Crippen LogP contribution in [0.25, 0.3) is 0 Å². The molecule has 1 atom stereocenters. The van der Waals surface area contributed by atoms with Gasteiger partial charge in [-0.2, -0.15) is 0 Å². The van der Waals surface area contributed by atoms with Gasteiger partial charge in [0.15, 0.2) is 0 Å². The third-order valence-corrected chi connectivity index (χ3v) is 2.47. The number of carbonyl (C=O) groups excluding carboxylic acids is 2. The van der Waals surface area contributed by atoms with Gasteiger partial charge in [0.05, 0.1) is 0 Å². The van der Waals surface area contributed by atoms with Crippen molar-refractivity contribution in [2.75, 3.05) is 0 Å². The maximum atomic E-state index is 11.0. The number of hydrogen-bond acceptors (Lipinski definition) is 2. The fraction of sp³-hybridized carbons (Fsp3) is 0.556. The zero-order valence-corrected chi connectivity index (χ0v) is 6.30. The highest BCUT2D eigenvalue weighted by molar-refractivity contribution is 5.89. The summed E-state index contributed by atoms with van der Waals surface area (Å²) in [6.45, 7) is 0. The lowest BCUT2D eigenvalue weighted by molar-refractivity contribution is -0.119. The SMILES string of the molecule is O=C1CC=C2CC(=O)CC2C1. The summed E-state index contributed by atoms with van der Waals surface area (Å²) in [6, 6.07) is 0. The largest absolute Gasteiger partial charge is 0.299 e. The zero-order valence-electron chi connectivity index (χ0n) is 6.30. The van der Waals surface area contributed by atoms with Crippen molar-refractivity contribution in [3.63, 3.8) is 0 Å². The van der Waals surface area contributed by atoms with E-state index in [1.54, 1.807) is 0 Å². The molecule has 1 fully saturated rings. The van der Waals surface area contributed by atoms with Crippen LogP contribution in [0.5, 0.6) is 0 Å². The second-order valence-electron chi connectivity index (χ2n) is 3.34. The number of allylic oxidation sites excluding steroid dienone is 2. The van der Waals surface area contributed by atoms with Crippen LogP contribution in [0.15, 0.2) is 11.6 Å². The minimum atomic E-state index is 0.281. The van der Waals surface area contributed by atoms with Gasteiger partial charge >= 0.3 is 0 Å². The van der Waals surface area contributed by atoms with Gasteiger partial charge in [-0.3, -0.25) is 9.59 Å². The summed E-state index contributed by atoms with van der Waals surface area (Å²) < 4.78 is 0. The Hall–Kier alpha value is -0.920. The van der Waals surface area contributed by atoms with Gasteiger partial charge in [0.2, 0.25) is 0 Å². The molecule has 0 heterocycles. The van der Waals surface area contributed by atoms with Gasteiger partial charge in [0, 0.05) is 25.7 Å². The minimum absolute atomic E-state index is 0.281. The van der Waals surface area contributed by atoms with Crippen molar-refractivity contribution in [1.82, 2.24) is 0 Å². The molecule has 2 aliphatic carbocycles. The van der Waals surface area contributed by atoms with E-state index in [9.17, 15) is 9.59 Å². The standard InChI is InChI=1S/C9H10O2/c10-8-2-1-6-3-9(11)5-7(6)4-8/h1,7H,2-5H2. The van der Waals surface area contributed by atoms with Crippen molar-refractivity contribution in [3.8, 4) is 0 Å². The van der Waals surface area contributed by atoms with Gasteiger partial charge in [-0.05, 0) is 5.92 Å². The van der Waals surface area contributed by atoms with E-state index in [0.29, 0.717) is 31.5 Å². The molecule has 2 rings (SSSR count). The number of hydrogen-bond donors (Lipinski definition) is 0. The van der Waals surface area contributed by atoms with E-state index in [1.807, 2.05) is 6.08 Å². The molecule has 0 spiro atoms. The van der Waals surface area contributed by atoms with Crippen molar-refractivity contribution in [2.24, 2.45) is 5.92 Å². The molecular weight excluding hydrogens is 140 g/mol. The number of carbonyl (C=O) groups is 2. The molecule has 2 aliphatic rings. The van der Waals surface area contributed by atoms with Crippen LogP contribution >= 0.6 is 0 Å². The highest BCUT2D eigenvalue weighted by atomic mass is 16.1. The maximum absolute atomic E-state index is 11.0. The van der Waals surface area contributed by atoms with Crippen LogP contribution in [0.1, 0.15) is 25.7 Å². The highest BCUT2D eigenvalue weighted by Gasteiger charge is 2.31. The Morgan fingerprint density at radius 1 is 1.18 bits per heavy atom. The van der Waals surface area contributed by atoms with Crippen LogP contribution in [0.3, 0.4) is 0 Å². The molecule has 1 saturated carbocycles. The molecule has 0 aromatic heterocycles. The van der Waals surface area contributed by atoms with E-state index in [0.717, 1.165) is 0 Å². The van der Waals surface area contributed by atoms with E-state index in [4.69, 9.17) is 0 Å². The van der Waals surface area contributed by atoms with Crippen LogP contribution < -0.4 is 0 Å². The first-order valence-electron chi connectivity index (χ1n) is 3.98. The Morgan fingerprint density at radius 2 is 1.91 bits per heavy atom. The lowest BCUT2D eigenvalue weighted by Gasteiger charge is -2.14. The van der Waals surface area contributed by atoms with E-state index in [2.05, 4.69) is 0 Å². The van der Waals surface area contributed by atoms with Gasteiger partial charge in [-0.15, -0.1) is 0 Å². The normalized spacial score (nSPS) is 30.2. The van der Waals surface area contributed by atoms with Gasteiger partial charge in [0.25, 0.3) is 0 Å². The molecule has 0 amide bonds. The van der Waals surface area contributed by atoms with Crippen molar-refractivity contribution >= 4 is 11.6 Å². The van der Waals surface area contributed by atoms with Gasteiger partial charge in [-0.1, -0.05) is 11.6 Å². The Morgan fingerprint density at radius 3 is 2.73 bits per heavy atom. The summed E-state index contributed by atoms with van der Waals surface area (Å²) in [5.74, 6) is 0.869. The molecule has 0 bridgehead atoms. The molecule has 0 aliphatic heterocycles. The maximum Gasteiger partial charge on any atom is 0.137 e. The summed E-state index contributed by atoms with van der Waals surface area (Å²) in [5.41, 5.74) is 1.22. The summed E-state index contributed by atoms with van der Waals surface area (Å²) in [6.07, 6.45) is 4.33. The second-order valence-corrected chi connectivity index (χ2v) is 3.34.